The minimum atomic E-state index is -0.150. The molecule has 0 radical (unpaired) electrons. The Hall–Kier alpha value is -3.02. The number of pyridine rings is 1. The van der Waals surface area contributed by atoms with Gasteiger partial charge in [0.05, 0.1) is 11.6 Å². The number of benzene rings is 1. The van der Waals surface area contributed by atoms with Crippen LogP contribution in [0.25, 0.3) is 5.82 Å². The highest BCUT2D eigenvalue weighted by atomic mass is 16.1. The van der Waals surface area contributed by atoms with Gasteiger partial charge in [-0.3, -0.25) is 9.36 Å². The highest BCUT2D eigenvalue weighted by Gasteiger charge is 2.12. The van der Waals surface area contributed by atoms with Crippen LogP contribution in [0.3, 0.4) is 0 Å². The Morgan fingerprint density at radius 1 is 0.960 bits per heavy atom. The summed E-state index contributed by atoms with van der Waals surface area (Å²) in [5, 5.41) is 10.5. The topological polar surface area (TPSA) is 72.7 Å². The third-order valence-electron chi connectivity index (χ3n) is 4.14. The zero-order chi connectivity index (χ0) is 17.8. The first-order valence-corrected chi connectivity index (χ1v) is 8.26. The summed E-state index contributed by atoms with van der Waals surface area (Å²) in [6.07, 6.45) is 4.68. The van der Waals surface area contributed by atoms with Crippen molar-refractivity contribution in [1.82, 2.24) is 25.1 Å². The lowest BCUT2D eigenvalue weighted by atomic mass is 9.99. The molecular formula is C19H21N5O. The van der Waals surface area contributed by atoms with Crippen molar-refractivity contribution < 1.29 is 4.79 Å². The van der Waals surface area contributed by atoms with E-state index in [1.807, 2.05) is 6.92 Å². The molecule has 1 aromatic carbocycles. The van der Waals surface area contributed by atoms with Gasteiger partial charge in [-0.05, 0) is 36.1 Å². The molecule has 1 atom stereocenters. The van der Waals surface area contributed by atoms with Gasteiger partial charge in [-0.25, -0.2) is 4.98 Å². The molecule has 1 amide bonds. The van der Waals surface area contributed by atoms with E-state index in [1.165, 1.54) is 5.56 Å². The molecule has 1 N–H and O–H groups in total. The molecule has 0 aliphatic heterocycles. The molecule has 6 heteroatoms. The molecule has 0 spiro atoms. The van der Waals surface area contributed by atoms with Crippen molar-refractivity contribution in [3.63, 3.8) is 0 Å². The van der Waals surface area contributed by atoms with Gasteiger partial charge in [-0.1, -0.05) is 38.1 Å². The van der Waals surface area contributed by atoms with Crippen LogP contribution in [0.1, 0.15) is 54.2 Å². The predicted octanol–water partition coefficient (Wildman–Crippen LogP) is 3.28. The molecule has 0 saturated heterocycles. The molecular weight excluding hydrogens is 314 g/mol. The number of carbonyl (C=O) groups excluding carboxylic acids is 1. The Balaban J connectivity index is 1.66. The molecule has 128 valence electrons. The summed E-state index contributed by atoms with van der Waals surface area (Å²) < 4.78 is 1.68. The lowest BCUT2D eigenvalue weighted by Crippen LogP contribution is -2.26. The van der Waals surface area contributed by atoms with Gasteiger partial charge in [-0.15, -0.1) is 10.2 Å². The summed E-state index contributed by atoms with van der Waals surface area (Å²) >= 11 is 0. The van der Waals surface area contributed by atoms with Crippen LogP contribution in [-0.2, 0) is 0 Å². The number of nitrogens with zero attached hydrogens (tertiary/aromatic N) is 4. The van der Waals surface area contributed by atoms with E-state index < -0.39 is 0 Å². The molecule has 25 heavy (non-hydrogen) atoms. The van der Waals surface area contributed by atoms with E-state index in [0.717, 1.165) is 5.56 Å². The number of rotatable bonds is 5. The quantitative estimate of drug-likeness (QED) is 0.776. The summed E-state index contributed by atoms with van der Waals surface area (Å²) in [6, 6.07) is 11.8. The van der Waals surface area contributed by atoms with Crippen LogP contribution in [0, 0.1) is 0 Å². The Morgan fingerprint density at radius 2 is 1.60 bits per heavy atom. The van der Waals surface area contributed by atoms with Crippen LogP contribution in [0.15, 0.2) is 55.2 Å². The van der Waals surface area contributed by atoms with Crippen molar-refractivity contribution in [2.24, 2.45) is 0 Å². The second-order valence-corrected chi connectivity index (χ2v) is 6.29. The molecule has 2 aromatic heterocycles. The Labute approximate surface area is 146 Å². The second-order valence-electron chi connectivity index (χ2n) is 6.29. The van der Waals surface area contributed by atoms with Gasteiger partial charge in [-0.2, -0.15) is 0 Å². The fourth-order valence-corrected chi connectivity index (χ4v) is 2.53. The molecule has 0 saturated carbocycles. The van der Waals surface area contributed by atoms with Gasteiger partial charge < -0.3 is 5.32 Å². The summed E-state index contributed by atoms with van der Waals surface area (Å²) in [7, 11) is 0. The molecule has 0 aliphatic carbocycles. The molecule has 3 rings (SSSR count). The van der Waals surface area contributed by atoms with Gasteiger partial charge in [0.2, 0.25) is 0 Å². The van der Waals surface area contributed by atoms with E-state index in [1.54, 1.807) is 35.6 Å². The second kappa shape index (κ2) is 7.25. The van der Waals surface area contributed by atoms with Crippen molar-refractivity contribution >= 4 is 5.91 Å². The monoisotopic (exact) mass is 335 g/mol. The molecule has 0 aliphatic rings. The Kier molecular flexibility index (Phi) is 4.88. The lowest BCUT2D eigenvalue weighted by Gasteiger charge is -2.15. The maximum Gasteiger partial charge on any atom is 0.253 e. The van der Waals surface area contributed by atoms with Crippen LogP contribution < -0.4 is 5.32 Å². The number of nitrogens with one attached hydrogen (secondary N) is 1. The summed E-state index contributed by atoms with van der Waals surface area (Å²) in [5.74, 6) is 1.01. The maximum atomic E-state index is 12.4. The van der Waals surface area contributed by atoms with Crippen LogP contribution in [0.4, 0.5) is 0 Å². The molecule has 2 heterocycles. The van der Waals surface area contributed by atoms with Crippen molar-refractivity contribution in [3.8, 4) is 5.82 Å². The highest BCUT2D eigenvalue weighted by Crippen LogP contribution is 2.19. The van der Waals surface area contributed by atoms with Gasteiger partial charge in [0, 0.05) is 6.20 Å². The number of hydrogen-bond donors (Lipinski definition) is 1. The fraction of sp³-hybridized carbons (Fsp3) is 0.263. The molecule has 3 aromatic rings. The minimum Gasteiger partial charge on any atom is -0.345 e. The number of hydrogen-bond acceptors (Lipinski definition) is 4. The van der Waals surface area contributed by atoms with Crippen LogP contribution in [0.2, 0.25) is 0 Å². The Bertz CT molecular complexity index is 823. The average molecular weight is 335 g/mol. The first-order chi connectivity index (χ1) is 12.0. The highest BCUT2D eigenvalue weighted by molar-refractivity contribution is 5.94. The van der Waals surface area contributed by atoms with Gasteiger partial charge >= 0.3 is 0 Å². The van der Waals surface area contributed by atoms with Crippen molar-refractivity contribution in [1.29, 1.82) is 0 Å². The van der Waals surface area contributed by atoms with Gasteiger partial charge in [0.15, 0.2) is 0 Å². The maximum absolute atomic E-state index is 12.4. The largest absolute Gasteiger partial charge is 0.345 e. The van der Waals surface area contributed by atoms with Crippen LogP contribution in [-0.4, -0.2) is 25.7 Å². The van der Waals surface area contributed by atoms with E-state index in [-0.39, 0.29) is 11.9 Å². The van der Waals surface area contributed by atoms with Crippen LogP contribution >= 0.6 is 0 Å². The predicted molar refractivity (Wildman–Crippen MR) is 95.6 cm³/mol. The van der Waals surface area contributed by atoms with Gasteiger partial charge in [0.1, 0.15) is 18.5 Å². The number of amides is 1. The zero-order valence-corrected chi connectivity index (χ0v) is 14.5. The van der Waals surface area contributed by atoms with E-state index in [0.29, 0.717) is 17.3 Å². The average Bonchev–Trinajstić information content (AvgIpc) is 3.16. The van der Waals surface area contributed by atoms with E-state index >= 15 is 0 Å². The SMILES string of the molecule is CC(C)c1ccc(C(C)NC(=O)c2ccc(-n3cnnc3)nc2)cc1. The molecule has 0 fully saturated rings. The lowest BCUT2D eigenvalue weighted by molar-refractivity contribution is 0.0939. The van der Waals surface area contributed by atoms with Crippen molar-refractivity contribution in [3.05, 3.63) is 71.9 Å². The number of aromatic nitrogens is 4. The van der Waals surface area contributed by atoms with Gasteiger partial charge in [0.25, 0.3) is 5.91 Å². The Morgan fingerprint density at radius 3 is 2.16 bits per heavy atom. The summed E-state index contributed by atoms with van der Waals surface area (Å²) in [4.78, 5) is 16.7. The number of carbonyl (C=O) groups is 1. The smallest absolute Gasteiger partial charge is 0.253 e. The first kappa shape index (κ1) is 16.8. The normalized spacial score (nSPS) is 12.2. The van der Waals surface area contributed by atoms with E-state index in [4.69, 9.17) is 0 Å². The fourth-order valence-electron chi connectivity index (χ4n) is 2.53. The summed E-state index contributed by atoms with van der Waals surface area (Å²) in [5.41, 5.74) is 2.88. The van der Waals surface area contributed by atoms with Crippen LogP contribution in [0.5, 0.6) is 0 Å². The first-order valence-electron chi connectivity index (χ1n) is 8.26. The summed E-state index contributed by atoms with van der Waals surface area (Å²) in [6.45, 7) is 6.30. The molecule has 1 unspecified atom stereocenters. The third-order valence-corrected chi connectivity index (χ3v) is 4.14. The zero-order valence-electron chi connectivity index (χ0n) is 14.5. The minimum absolute atomic E-state index is 0.0776. The molecule has 0 bridgehead atoms. The molecule has 6 nitrogen and oxygen atoms in total. The standard InChI is InChI=1S/C19H21N5O/c1-13(2)15-4-6-16(7-5-15)14(3)23-19(25)17-8-9-18(20-10-17)24-11-21-22-12-24/h4-14H,1-3H3,(H,23,25). The van der Waals surface area contributed by atoms with E-state index in [2.05, 4.69) is 58.6 Å². The van der Waals surface area contributed by atoms with E-state index in [9.17, 15) is 4.79 Å². The van der Waals surface area contributed by atoms with Crippen molar-refractivity contribution in [2.75, 3.05) is 0 Å². The third kappa shape index (κ3) is 3.91. The van der Waals surface area contributed by atoms with Crippen molar-refractivity contribution in [2.45, 2.75) is 32.7 Å².